The first kappa shape index (κ1) is 12.9. The van der Waals surface area contributed by atoms with Crippen LogP contribution in [0.1, 0.15) is 0 Å². The number of halogens is 2. The van der Waals surface area contributed by atoms with Gasteiger partial charge in [0.15, 0.2) is 0 Å². The maximum Gasteiger partial charge on any atom is 0.246 e. The molecular weight excluding hydrogens is 266 g/mol. The molecule has 8 heteroatoms. The number of piperazine rings is 1. The molecule has 0 aliphatic carbocycles. The predicted octanol–water partition coefficient (Wildman–Crippen LogP) is 0.0853. The van der Waals surface area contributed by atoms with Crippen LogP contribution in [0, 0.1) is 11.6 Å². The third kappa shape index (κ3) is 2.34. The van der Waals surface area contributed by atoms with Crippen LogP contribution in [0.4, 0.5) is 8.78 Å². The molecule has 1 N–H and O–H groups in total. The molecule has 1 aromatic rings. The topological polar surface area (TPSA) is 66.5 Å². The van der Waals surface area contributed by atoms with E-state index >= 15 is 0 Å². The van der Waals surface area contributed by atoms with Crippen molar-refractivity contribution in [2.45, 2.75) is 4.90 Å². The molecule has 1 heterocycles. The average Bonchev–Trinajstić information content (AvgIpc) is 2.28. The predicted molar refractivity (Wildman–Crippen MR) is 58.1 cm³/mol. The number of carbonyl (C=O) groups excluding carboxylic acids is 1. The Balaban J connectivity index is 2.38. The summed E-state index contributed by atoms with van der Waals surface area (Å²) in [4.78, 5) is 10.5. The summed E-state index contributed by atoms with van der Waals surface area (Å²) in [5.41, 5.74) is 0. The molecule has 0 atom stereocenters. The number of sulfonamides is 1. The second kappa shape index (κ2) is 4.62. The second-order valence-electron chi connectivity index (χ2n) is 3.76. The van der Waals surface area contributed by atoms with Crippen LogP contribution >= 0.6 is 0 Å². The summed E-state index contributed by atoms with van der Waals surface area (Å²) in [7, 11) is -4.11. The minimum absolute atomic E-state index is 0.0604. The number of amides is 1. The van der Waals surface area contributed by atoms with Gasteiger partial charge in [-0.25, -0.2) is 17.2 Å². The number of benzene rings is 1. The van der Waals surface area contributed by atoms with E-state index in [1.807, 2.05) is 0 Å². The molecule has 18 heavy (non-hydrogen) atoms. The Bertz CT molecular complexity index is 589. The van der Waals surface area contributed by atoms with Gasteiger partial charge in [0, 0.05) is 19.2 Å². The van der Waals surface area contributed by atoms with Gasteiger partial charge in [-0.05, 0) is 12.1 Å². The number of carbonyl (C=O) groups is 1. The molecule has 98 valence electrons. The lowest BCUT2D eigenvalue weighted by molar-refractivity contribution is -0.122. The smallest absolute Gasteiger partial charge is 0.246 e. The SMILES string of the molecule is O=C1CN(S(=O)(=O)c2ccc(F)cc2F)CCN1. The fraction of sp³-hybridized carbons (Fsp3) is 0.300. The number of hydrogen-bond acceptors (Lipinski definition) is 3. The molecule has 2 rings (SSSR count). The summed E-state index contributed by atoms with van der Waals surface area (Å²) in [6.45, 7) is -0.134. The van der Waals surface area contributed by atoms with Crippen molar-refractivity contribution in [3.05, 3.63) is 29.8 Å². The summed E-state index contributed by atoms with van der Waals surface area (Å²) in [5, 5.41) is 2.46. The molecular formula is C10H10F2N2O3S. The van der Waals surface area contributed by atoms with Crippen molar-refractivity contribution in [1.82, 2.24) is 9.62 Å². The van der Waals surface area contributed by atoms with Crippen molar-refractivity contribution in [2.24, 2.45) is 0 Å². The summed E-state index contributed by atoms with van der Waals surface area (Å²) in [6.07, 6.45) is 0. The maximum absolute atomic E-state index is 13.5. The summed E-state index contributed by atoms with van der Waals surface area (Å²) in [6, 6.07) is 2.21. The van der Waals surface area contributed by atoms with Crippen LogP contribution in [-0.2, 0) is 14.8 Å². The van der Waals surface area contributed by atoms with Crippen molar-refractivity contribution in [1.29, 1.82) is 0 Å². The fourth-order valence-electron chi connectivity index (χ4n) is 1.64. The van der Waals surface area contributed by atoms with Crippen molar-refractivity contribution < 1.29 is 22.0 Å². The molecule has 0 radical (unpaired) electrons. The summed E-state index contributed by atoms with van der Waals surface area (Å²) >= 11 is 0. The van der Waals surface area contributed by atoms with Gasteiger partial charge in [-0.15, -0.1) is 0 Å². The van der Waals surface area contributed by atoms with Crippen LogP contribution in [-0.4, -0.2) is 38.3 Å². The van der Waals surface area contributed by atoms with Gasteiger partial charge in [0.1, 0.15) is 16.5 Å². The van der Waals surface area contributed by atoms with Gasteiger partial charge in [0.05, 0.1) is 6.54 Å². The molecule has 1 aliphatic heterocycles. The number of nitrogens with one attached hydrogen (secondary N) is 1. The first-order valence-corrected chi connectivity index (χ1v) is 6.57. The molecule has 1 aromatic carbocycles. The first-order valence-electron chi connectivity index (χ1n) is 5.13. The minimum atomic E-state index is -4.11. The molecule has 1 saturated heterocycles. The Morgan fingerprint density at radius 2 is 2.00 bits per heavy atom. The second-order valence-corrected chi connectivity index (χ2v) is 5.67. The van der Waals surface area contributed by atoms with Gasteiger partial charge < -0.3 is 5.32 Å². The van der Waals surface area contributed by atoms with Crippen LogP contribution in [0.15, 0.2) is 23.1 Å². The quantitative estimate of drug-likeness (QED) is 0.832. The van der Waals surface area contributed by atoms with E-state index in [1.165, 1.54) is 0 Å². The van der Waals surface area contributed by atoms with Crippen molar-refractivity contribution in [3.8, 4) is 0 Å². The average molecular weight is 276 g/mol. The van der Waals surface area contributed by atoms with E-state index in [9.17, 15) is 22.0 Å². The van der Waals surface area contributed by atoms with Gasteiger partial charge in [-0.3, -0.25) is 4.79 Å². The Morgan fingerprint density at radius 3 is 2.61 bits per heavy atom. The highest BCUT2D eigenvalue weighted by atomic mass is 32.2. The standard InChI is InChI=1S/C10H10F2N2O3S/c11-7-1-2-9(8(12)5-7)18(16,17)14-4-3-13-10(15)6-14/h1-2,5H,3-4,6H2,(H,13,15). The van der Waals surface area contributed by atoms with Crippen LogP contribution in [0.25, 0.3) is 0 Å². The third-order valence-corrected chi connectivity index (χ3v) is 4.39. The molecule has 0 bridgehead atoms. The van der Waals surface area contributed by atoms with E-state index in [0.29, 0.717) is 6.07 Å². The third-order valence-electron chi connectivity index (χ3n) is 2.52. The fourth-order valence-corrected chi connectivity index (χ4v) is 3.09. The van der Waals surface area contributed by atoms with Crippen molar-refractivity contribution >= 4 is 15.9 Å². The molecule has 1 fully saturated rings. The zero-order valence-corrected chi connectivity index (χ0v) is 10.0. The van der Waals surface area contributed by atoms with E-state index in [0.717, 1.165) is 16.4 Å². The Morgan fingerprint density at radius 1 is 1.28 bits per heavy atom. The molecule has 0 unspecified atom stereocenters. The number of rotatable bonds is 2. The molecule has 0 spiro atoms. The molecule has 1 amide bonds. The zero-order valence-electron chi connectivity index (χ0n) is 9.19. The monoisotopic (exact) mass is 276 g/mol. The van der Waals surface area contributed by atoms with Crippen molar-refractivity contribution in [2.75, 3.05) is 19.6 Å². The lowest BCUT2D eigenvalue weighted by Crippen LogP contribution is -2.49. The van der Waals surface area contributed by atoms with Gasteiger partial charge >= 0.3 is 0 Å². The van der Waals surface area contributed by atoms with Gasteiger partial charge in [-0.1, -0.05) is 0 Å². The number of hydrogen-bond donors (Lipinski definition) is 1. The highest BCUT2D eigenvalue weighted by molar-refractivity contribution is 7.89. The zero-order chi connectivity index (χ0) is 13.3. The molecule has 5 nitrogen and oxygen atoms in total. The first-order chi connectivity index (χ1) is 8.41. The maximum atomic E-state index is 13.5. The highest BCUT2D eigenvalue weighted by Gasteiger charge is 2.31. The van der Waals surface area contributed by atoms with E-state index in [-0.39, 0.29) is 19.6 Å². The van der Waals surface area contributed by atoms with E-state index in [1.54, 1.807) is 0 Å². The van der Waals surface area contributed by atoms with E-state index in [2.05, 4.69) is 5.32 Å². The van der Waals surface area contributed by atoms with Crippen LogP contribution < -0.4 is 5.32 Å². The Kier molecular flexibility index (Phi) is 3.31. The summed E-state index contributed by atoms with van der Waals surface area (Å²) in [5.74, 6) is -2.48. The largest absolute Gasteiger partial charge is 0.354 e. The summed E-state index contributed by atoms with van der Waals surface area (Å²) < 4.78 is 51.1. The molecule has 0 aromatic heterocycles. The van der Waals surface area contributed by atoms with Crippen LogP contribution in [0.5, 0.6) is 0 Å². The highest BCUT2D eigenvalue weighted by Crippen LogP contribution is 2.20. The Hall–Kier alpha value is -1.54. The van der Waals surface area contributed by atoms with Crippen molar-refractivity contribution in [3.63, 3.8) is 0 Å². The van der Waals surface area contributed by atoms with E-state index < -0.39 is 32.5 Å². The number of nitrogens with zero attached hydrogens (tertiary/aromatic N) is 1. The minimum Gasteiger partial charge on any atom is -0.354 e. The van der Waals surface area contributed by atoms with E-state index in [4.69, 9.17) is 0 Å². The lowest BCUT2D eigenvalue weighted by Gasteiger charge is -2.25. The van der Waals surface area contributed by atoms with Gasteiger partial charge in [-0.2, -0.15) is 4.31 Å². The van der Waals surface area contributed by atoms with Gasteiger partial charge in [0.2, 0.25) is 15.9 Å². The molecule has 0 saturated carbocycles. The lowest BCUT2D eigenvalue weighted by atomic mass is 10.3. The van der Waals surface area contributed by atoms with Gasteiger partial charge in [0.25, 0.3) is 0 Å². The van der Waals surface area contributed by atoms with Crippen LogP contribution in [0.2, 0.25) is 0 Å². The normalized spacial score (nSPS) is 17.6. The van der Waals surface area contributed by atoms with Crippen LogP contribution in [0.3, 0.4) is 0 Å². The molecule has 1 aliphatic rings. The Labute approximate surface area is 102 Å².